The molecular formula is C12H10NOP. The highest BCUT2D eigenvalue weighted by atomic mass is 31.2. The van der Waals surface area contributed by atoms with Crippen LogP contribution in [0.3, 0.4) is 0 Å². The lowest BCUT2D eigenvalue weighted by Gasteiger charge is -2.06. The summed E-state index contributed by atoms with van der Waals surface area (Å²) in [5.41, 5.74) is 7.98. The molecule has 2 aromatic rings. The van der Waals surface area contributed by atoms with Crippen LogP contribution in [0.5, 0.6) is 0 Å². The van der Waals surface area contributed by atoms with Crippen molar-refractivity contribution in [2.75, 3.05) is 0 Å². The summed E-state index contributed by atoms with van der Waals surface area (Å²) in [5, 5.41) is 1.57. The molecule has 0 atom stereocenters. The Morgan fingerprint density at radius 3 is 1.67 bits per heavy atom. The van der Waals surface area contributed by atoms with Gasteiger partial charge < -0.3 is 0 Å². The topological polar surface area (TPSA) is 43.1 Å². The zero-order valence-electron chi connectivity index (χ0n) is 8.05. The Bertz CT molecular complexity index is 542. The van der Waals surface area contributed by atoms with Gasteiger partial charge in [-0.2, -0.15) is 0 Å². The van der Waals surface area contributed by atoms with Crippen LogP contribution in [0.1, 0.15) is 0 Å². The first-order valence-corrected chi connectivity index (χ1v) is 6.57. The van der Waals surface area contributed by atoms with Gasteiger partial charge in [-0.3, -0.25) is 10.1 Å². The fourth-order valence-corrected chi connectivity index (χ4v) is 4.09. The number of rotatable bonds is 0. The summed E-state index contributed by atoms with van der Waals surface area (Å²) in [5.74, 6) is 0. The average Bonchev–Trinajstić information content (AvgIpc) is 2.51. The molecule has 2 aromatic carbocycles. The Morgan fingerprint density at radius 1 is 0.800 bits per heavy atom. The molecule has 0 aromatic heterocycles. The second-order valence-electron chi connectivity index (χ2n) is 3.69. The lowest BCUT2D eigenvalue weighted by Crippen LogP contribution is -2.16. The monoisotopic (exact) mass is 215 g/mol. The third-order valence-electron chi connectivity index (χ3n) is 2.81. The number of fused-ring (bicyclic) bond motifs is 3. The smallest absolute Gasteiger partial charge is 0.203 e. The van der Waals surface area contributed by atoms with Crippen LogP contribution in [0.25, 0.3) is 11.1 Å². The molecule has 74 valence electrons. The number of benzene rings is 2. The molecule has 0 saturated heterocycles. The van der Waals surface area contributed by atoms with Crippen molar-refractivity contribution >= 4 is 17.9 Å². The molecule has 0 bridgehead atoms. The predicted molar refractivity (Wildman–Crippen MR) is 62.9 cm³/mol. The summed E-state index contributed by atoms with van der Waals surface area (Å²) >= 11 is 0. The molecule has 2 N–H and O–H groups in total. The van der Waals surface area contributed by atoms with Gasteiger partial charge in [0.25, 0.3) is 0 Å². The number of hydrogen-bond donors (Lipinski definition) is 1. The molecule has 0 aliphatic carbocycles. The third-order valence-corrected chi connectivity index (χ3v) is 5.03. The van der Waals surface area contributed by atoms with E-state index in [9.17, 15) is 4.57 Å². The van der Waals surface area contributed by atoms with Crippen molar-refractivity contribution in [1.29, 1.82) is 0 Å². The van der Waals surface area contributed by atoms with Crippen molar-refractivity contribution < 1.29 is 4.57 Å². The van der Waals surface area contributed by atoms with Crippen molar-refractivity contribution in [1.82, 2.24) is 0 Å². The van der Waals surface area contributed by atoms with Crippen molar-refractivity contribution in [3.63, 3.8) is 0 Å². The van der Waals surface area contributed by atoms with Gasteiger partial charge in [-0.15, -0.1) is 0 Å². The van der Waals surface area contributed by atoms with E-state index in [-0.39, 0.29) is 0 Å². The molecule has 0 radical (unpaired) electrons. The van der Waals surface area contributed by atoms with E-state index in [0.29, 0.717) is 0 Å². The van der Waals surface area contributed by atoms with Gasteiger partial charge >= 0.3 is 0 Å². The van der Waals surface area contributed by atoms with E-state index in [1.54, 1.807) is 0 Å². The molecule has 1 aliphatic heterocycles. The first-order chi connectivity index (χ1) is 7.21. The van der Waals surface area contributed by atoms with Crippen molar-refractivity contribution in [2.24, 2.45) is 5.50 Å². The molecule has 2 nitrogen and oxygen atoms in total. The maximum Gasteiger partial charge on any atom is 0.203 e. The molecule has 1 aliphatic rings. The summed E-state index contributed by atoms with van der Waals surface area (Å²) in [6, 6.07) is 15.3. The fraction of sp³-hybridized carbons (Fsp3) is 0. The lowest BCUT2D eigenvalue weighted by atomic mass is 10.1. The van der Waals surface area contributed by atoms with Gasteiger partial charge in [0.05, 0.1) is 0 Å². The lowest BCUT2D eigenvalue weighted by molar-refractivity contribution is 0.588. The number of nitrogens with two attached hydrogens (primary N) is 1. The Labute approximate surface area is 88.2 Å². The fourth-order valence-electron chi connectivity index (χ4n) is 2.11. The van der Waals surface area contributed by atoms with E-state index < -0.39 is 7.29 Å². The summed E-state index contributed by atoms with van der Waals surface area (Å²) in [6.45, 7) is 0. The molecule has 15 heavy (non-hydrogen) atoms. The second kappa shape index (κ2) is 2.82. The van der Waals surface area contributed by atoms with E-state index in [1.807, 2.05) is 48.5 Å². The molecule has 1 heterocycles. The van der Waals surface area contributed by atoms with Gasteiger partial charge in [0.2, 0.25) is 7.29 Å². The van der Waals surface area contributed by atoms with Crippen LogP contribution in [-0.4, -0.2) is 0 Å². The average molecular weight is 215 g/mol. The highest BCUT2D eigenvalue weighted by molar-refractivity contribution is 7.77. The standard InChI is InChI=1S/C12H10NOP/c13-15(14)11-7-3-1-5-9(11)10-6-2-4-8-12(10)15/h1-8H,(H2,13,14). The first-order valence-electron chi connectivity index (χ1n) is 4.79. The predicted octanol–water partition coefficient (Wildman–Crippen LogP) is 1.85. The van der Waals surface area contributed by atoms with E-state index in [0.717, 1.165) is 21.7 Å². The maximum absolute atomic E-state index is 12.4. The minimum absolute atomic E-state index is 0.784. The molecule has 0 fully saturated rings. The van der Waals surface area contributed by atoms with E-state index in [2.05, 4.69) is 0 Å². The van der Waals surface area contributed by atoms with Crippen molar-refractivity contribution in [3.05, 3.63) is 48.5 Å². The Kier molecular flexibility index (Phi) is 1.67. The Balaban J connectivity index is 2.47. The normalized spacial score (nSPS) is 15.8. The van der Waals surface area contributed by atoms with Gasteiger partial charge in [-0.25, -0.2) is 0 Å². The summed E-state index contributed by atoms with van der Waals surface area (Å²) < 4.78 is 12.4. The molecule has 0 saturated carbocycles. The Hall–Kier alpha value is -1.37. The van der Waals surface area contributed by atoms with Crippen LogP contribution in [0.2, 0.25) is 0 Å². The van der Waals surface area contributed by atoms with Gasteiger partial charge in [0.1, 0.15) is 0 Å². The van der Waals surface area contributed by atoms with Crippen LogP contribution in [0.15, 0.2) is 48.5 Å². The van der Waals surface area contributed by atoms with Crippen LogP contribution in [-0.2, 0) is 4.57 Å². The minimum atomic E-state index is -2.82. The zero-order chi connectivity index (χ0) is 10.5. The minimum Gasteiger partial charge on any atom is -0.297 e. The SMILES string of the molecule is NP1(=O)c2ccccc2-c2ccccc21. The molecule has 3 rings (SSSR count). The van der Waals surface area contributed by atoms with Crippen LogP contribution in [0, 0.1) is 0 Å². The highest BCUT2D eigenvalue weighted by Gasteiger charge is 2.34. The quantitative estimate of drug-likeness (QED) is 0.681. The molecule has 0 spiro atoms. The summed E-state index contributed by atoms with van der Waals surface area (Å²) in [6.07, 6.45) is 0. The number of hydrogen-bond acceptors (Lipinski definition) is 1. The highest BCUT2D eigenvalue weighted by Crippen LogP contribution is 2.46. The van der Waals surface area contributed by atoms with E-state index in [4.69, 9.17) is 5.50 Å². The van der Waals surface area contributed by atoms with Crippen molar-refractivity contribution in [2.45, 2.75) is 0 Å². The third kappa shape index (κ3) is 1.06. The molecule has 0 amide bonds. The van der Waals surface area contributed by atoms with Crippen molar-refractivity contribution in [3.8, 4) is 11.1 Å². The van der Waals surface area contributed by atoms with Crippen LogP contribution >= 0.6 is 7.29 Å². The van der Waals surface area contributed by atoms with E-state index >= 15 is 0 Å². The maximum atomic E-state index is 12.4. The van der Waals surface area contributed by atoms with Gasteiger partial charge in [-0.1, -0.05) is 36.4 Å². The summed E-state index contributed by atoms with van der Waals surface area (Å²) in [4.78, 5) is 0. The Morgan fingerprint density at radius 2 is 1.20 bits per heavy atom. The second-order valence-corrected chi connectivity index (χ2v) is 5.97. The molecular weight excluding hydrogens is 205 g/mol. The van der Waals surface area contributed by atoms with Crippen LogP contribution < -0.4 is 16.1 Å². The van der Waals surface area contributed by atoms with Gasteiger partial charge in [0, 0.05) is 10.6 Å². The summed E-state index contributed by atoms with van der Waals surface area (Å²) in [7, 11) is -2.82. The zero-order valence-corrected chi connectivity index (χ0v) is 8.95. The van der Waals surface area contributed by atoms with E-state index in [1.165, 1.54) is 0 Å². The van der Waals surface area contributed by atoms with Crippen LogP contribution in [0.4, 0.5) is 0 Å². The largest absolute Gasteiger partial charge is 0.297 e. The first kappa shape index (κ1) is 8.90. The van der Waals surface area contributed by atoms with Gasteiger partial charge in [0.15, 0.2) is 0 Å². The van der Waals surface area contributed by atoms with Gasteiger partial charge in [-0.05, 0) is 23.3 Å². The molecule has 0 unspecified atom stereocenters. The molecule has 3 heteroatoms.